The Morgan fingerprint density at radius 1 is 1.38 bits per heavy atom. The van der Waals surface area contributed by atoms with Crippen LogP contribution in [-0.2, 0) is 4.74 Å². The van der Waals surface area contributed by atoms with Crippen LogP contribution in [0.5, 0.6) is 0 Å². The summed E-state index contributed by atoms with van der Waals surface area (Å²) in [5.41, 5.74) is 1.90. The van der Waals surface area contributed by atoms with Gasteiger partial charge in [0.25, 0.3) is 0 Å². The van der Waals surface area contributed by atoms with E-state index < -0.39 is 0 Å². The van der Waals surface area contributed by atoms with Crippen LogP contribution in [-0.4, -0.2) is 42.4 Å². The molecule has 4 heteroatoms. The van der Waals surface area contributed by atoms with Crippen molar-refractivity contribution in [1.29, 1.82) is 0 Å². The Morgan fingerprint density at radius 2 is 2.14 bits per heavy atom. The molecular formula is C17H20N2O2. The monoisotopic (exact) mass is 284 g/mol. The molecule has 2 rings (SSSR count). The average Bonchev–Trinajstić information content (AvgIpc) is 3.00. The summed E-state index contributed by atoms with van der Waals surface area (Å²) in [4.78, 5) is 18.2. The molecule has 110 valence electrons. The van der Waals surface area contributed by atoms with Crippen molar-refractivity contribution in [3.05, 3.63) is 61.2 Å². The van der Waals surface area contributed by atoms with Crippen LogP contribution in [0.15, 0.2) is 60.6 Å². The van der Waals surface area contributed by atoms with Gasteiger partial charge in [-0.1, -0.05) is 49.6 Å². The first kappa shape index (κ1) is 15.0. The van der Waals surface area contributed by atoms with Gasteiger partial charge in [-0.2, -0.15) is 0 Å². The van der Waals surface area contributed by atoms with E-state index in [4.69, 9.17) is 9.73 Å². The second-order valence-corrected chi connectivity index (χ2v) is 4.84. The fourth-order valence-electron chi connectivity index (χ4n) is 2.29. The highest BCUT2D eigenvalue weighted by Crippen LogP contribution is 2.15. The number of ether oxygens (including phenoxy) is 1. The van der Waals surface area contributed by atoms with Crippen molar-refractivity contribution in [1.82, 2.24) is 4.90 Å². The highest BCUT2D eigenvalue weighted by Gasteiger charge is 2.26. The molecule has 1 aliphatic rings. The molecule has 0 bridgehead atoms. The number of nitrogens with zero attached hydrogens (tertiary/aromatic N) is 2. The minimum Gasteiger partial charge on any atom is -0.445 e. The summed E-state index contributed by atoms with van der Waals surface area (Å²) in [6.45, 7) is 8.85. The Hall–Kier alpha value is -2.36. The van der Waals surface area contributed by atoms with E-state index in [-0.39, 0.29) is 18.7 Å². The van der Waals surface area contributed by atoms with Crippen LogP contribution in [0.25, 0.3) is 0 Å². The summed E-state index contributed by atoms with van der Waals surface area (Å²) in [6, 6.07) is 10.0. The van der Waals surface area contributed by atoms with Gasteiger partial charge in [0, 0.05) is 13.1 Å². The van der Waals surface area contributed by atoms with Gasteiger partial charge in [-0.3, -0.25) is 4.99 Å². The Morgan fingerprint density at radius 3 is 2.81 bits per heavy atom. The largest absolute Gasteiger partial charge is 0.445 e. The second-order valence-electron chi connectivity index (χ2n) is 4.84. The lowest BCUT2D eigenvalue weighted by Gasteiger charge is -2.14. The summed E-state index contributed by atoms with van der Waals surface area (Å²) in [7, 11) is 0. The molecule has 0 spiro atoms. The molecule has 0 saturated carbocycles. The van der Waals surface area contributed by atoms with Gasteiger partial charge in [0.2, 0.25) is 0 Å². The van der Waals surface area contributed by atoms with Crippen LogP contribution < -0.4 is 0 Å². The lowest BCUT2D eigenvalue weighted by Crippen LogP contribution is -2.30. The van der Waals surface area contributed by atoms with E-state index in [0.717, 1.165) is 17.7 Å². The van der Waals surface area contributed by atoms with Crippen molar-refractivity contribution >= 4 is 11.8 Å². The third-order valence-corrected chi connectivity index (χ3v) is 3.33. The van der Waals surface area contributed by atoms with E-state index in [1.807, 2.05) is 30.3 Å². The minimum absolute atomic E-state index is 0.0921. The number of carbonyl (C=O) groups is 1. The maximum absolute atomic E-state index is 11.8. The molecule has 0 radical (unpaired) electrons. The number of hydrogen-bond acceptors (Lipinski definition) is 3. The smallest absolute Gasteiger partial charge is 0.410 e. The highest BCUT2D eigenvalue weighted by atomic mass is 16.6. The van der Waals surface area contributed by atoms with Crippen molar-refractivity contribution in [2.24, 2.45) is 4.99 Å². The minimum atomic E-state index is -0.299. The van der Waals surface area contributed by atoms with Gasteiger partial charge in [-0.25, -0.2) is 4.79 Å². The van der Waals surface area contributed by atoms with Crippen LogP contribution in [0.1, 0.15) is 12.0 Å². The van der Waals surface area contributed by atoms with Gasteiger partial charge in [0.15, 0.2) is 0 Å². The van der Waals surface area contributed by atoms with Crippen molar-refractivity contribution in [2.45, 2.75) is 12.5 Å². The molecule has 0 N–H and O–H groups in total. The van der Waals surface area contributed by atoms with E-state index in [9.17, 15) is 4.79 Å². The number of amides is 1. The molecule has 1 atom stereocenters. The molecule has 4 nitrogen and oxygen atoms in total. The lowest BCUT2D eigenvalue weighted by molar-refractivity contribution is 0.121. The Bertz CT molecular complexity index is 537. The van der Waals surface area contributed by atoms with Crippen molar-refractivity contribution in [3.63, 3.8) is 0 Å². The zero-order chi connectivity index (χ0) is 15.1. The fraction of sp³-hybridized carbons (Fsp3) is 0.294. The van der Waals surface area contributed by atoms with E-state index in [1.54, 1.807) is 17.1 Å². The van der Waals surface area contributed by atoms with Gasteiger partial charge in [-0.15, -0.1) is 0 Å². The third kappa shape index (κ3) is 4.05. The molecule has 1 heterocycles. The van der Waals surface area contributed by atoms with E-state index in [1.165, 1.54) is 0 Å². The first-order chi connectivity index (χ1) is 10.2. The van der Waals surface area contributed by atoms with Crippen LogP contribution in [0.4, 0.5) is 4.79 Å². The van der Waals surface area contributed by atoms with E-state index in [2.05, 4.69) is 13.2 Å². The fourth-order valence-corrected chi connectivity index (χ4v) is 2.29. The Labute approximate surface area is 125 Å². The lowest BCUT2D eigenvalue weighted by atomic mass is 10.1. The molecule has 1 amide bonds. The predicted molar refractivity (Wildman–Crippen MR) is 84.7 cm³/mol. The Balaban J connectivity index is 2.00. The normalized spacial score (nSPS) is 18.4. The van der Waals surface area contributed by atoms with Crippen molar-refractivity contribution in [2.75, 3.05) is 19.7 Å². The van der Waals surface area contributed by atoms with Crippen molar-refractivity contribution < 1.29 is 9.53 Å². The number of likely N-dealkylation sites (tertiary alicyclic amines) is 1. The number of benzene rings is 1. The van der Waals surface area contributed by atoms with Crippen molar-refractivity contribution in [3.8, 4) is 0 Å². The SMILES string of the molecule is C=CCOC(=O)N1CC[C@@H](N=C(C=C)c2ccccc2)C1. The van der Waals surface area contributed by atoms with Gasteiger partial charge in [0.05, 0.1) is 11.8 Å². The van der Waals surface area contributed by atoms with Gasteiger partial charge >= 0.3 is 6.09 Å². The number of hydrogen-bond donors (Lipinski definition) is 0. The van der Waals surface area contributed by atoms with E-state index >= 15 is 0 Å². The number of allylic oxidation sites excluding steroid dienone is 1. The van der Waals surface area contributed by atoms with Gasteiger partial charge < -0.3 is 9.64 Å². The summed E-state index contributed by atoms with van der Waals surface area (Å²) < 4.78 is 5.04. The van der Waals surface area contributed by atoms with Crippen LogP contribution in [0.3, 0.4) is 0 Å². The topological polar surface area (TPSA) is 41.9 Å². The first-order valence-electron chi connectivity index (χ1n) is 7.03. The summed E-state index contributed by atoms with van der Waals surface area (Å²) in [6.07, 6.45) is 3.86. The number of rotatable bonds is 5. The van der Waals surface area contributed by atoms with Gasteiger partial charge in [-0.05, 0) is 18.1 Å². The standard InChI is InChI=1S/C17H20N2O2/c1-3-12-21-17(20)19-11-10-15(13-19)18-16(4-2)14-8-6-5-7-9-14/h3-9,15H,1-2,10-13H2/t15-/m1/s1. The molecule has 1 saturated heterocycles. The molecule has 1 aliphatic heterocycles. The molecule has 0 unspecified atom stereocenters. The van der Waals surface area contributed by atoms with E-state index in [0.29, 0.717) is 13.1 Å². The maximum Gasteiger partial charge on any atom is 0.410 e. The van der Waals surface area contributed by atoms with Crippen LogP contribution in [0.2, 0.25) is 0 Å². The summed E-state index contributed by atoms with van der Waals surface area (Å²) in [5.74, 6) is 0. The zero-order valence-electron chi connectivity index (χ0n) is 12.1. The zero-order valence-corrected chi connectivity index (χ0v) is 12.1. The number of aliphatic imine (C=N–C) groups is 1. The molecule has 1 fully saturated rings. The highest BCUT2D eigenvalue weighted by molar-refractivity contribution is 6.08. The molecule has 1 aromatic carbocycles. The quantitative estimate of drug-likeness (QED) is 0.616. The Kier molecular flexibility index (Phi) is 5.32. The van der Waals surface area contributed by atoms with Crippen LogP contribution in [0, 0.1) is 0 Å². The number of carbonyl (C=O) groups excluding carboxylic acids is 1. The maximum atomic E-state index is 11.8. The average molecular weight is 284 g/mol. The summed E-state index contributed by atoms with van der Waals surface area (Å²) in [5, 5.41) is 0. The van der Waals surface area contributed by atoms with Gasteiger partial charge in [0.1, 0.15) is 6.61 Å². The summed E-state index contributed by atoms with van der Waals surface area (Å²) >= 11 is 0. The van der Waals surface area contributed by atoms with Crippen LogP contribution >= 0.6 is 0 Å². The molecule has 1 aromatic rings. The molecular weight excluding hydrogens is 264 g/mol. The predicted octanol–water partition coefficient (Wildman–Crippen LogP) is 3.06. The second kappa shape index (κ2) is 7.43. The molecule has 0 aromatic heterocycles. The molecule has 0 aliphatic carbocycles. The molecule has 21 heavy (non-hydrogen) atoms. The first-order valence-corrected chi connectivity index (χ1v) is 7.03. The third-order valence-electron chi connectivity index (χ3n) is 3.33.